The summed E-state index contributed by atoms with van der Waals surface area (Å²) in [5, 5.41) is 15.8. The van der Waals surface area contributed by atoms with E-state index in [0.29, 0.717) is 44.1 Å². The molecule has 0 aliphatic carbocycles. The Morgan fingerprint density at radius 3 is 2.46 bits per heavy atom. The molecular formula is C20H34N2O4. The number of carboxylic acid groups (broad SMARTS) is 1. The molecule has 3 N–H and O–H groups in total. The van der Waals surface area contributed by atoms with Crippen molar-refractivity contribution in [3.8, 4) is 5.75 Å². The third kappa shape index (κ3) is 10.3. The maximum absolute atomic E-state index is 11.3. The van der Waals surface area contributed by atoms with Gasteiger partial charge in [-0.05, 0) is 30.9 Å². The van der Waals surface area contributed by atoms with Gasteiger partial charge in [0.25, 0.3) is 0 Å². The third-order valence-electron chi connectivity index (χ3n) is 3.72. The van der Waals surface area contributed by atoms with E-state index in [1.807, 2.05) is 6.07 Å². The first-order valence-electron chi connectivity index (χ1n) is 9.44. The molecule has 0 saturated carbocycles. The quantitative estimate of drug-likeness (QED) is 0.436. The van der Waals surface area contributed by atoms with Crippen LogP contribution in [0.4, 0.5) is 5.69 Å². The van der Waals surface area contributed by atoms with E-state index in [0.717, 1.165) is 25.1 Å². The second kappa shape index (κ2) is 12.5. The molecule has 0 aliphatic heterocycles. The summed E-state index contributed by atoms with van der Waals surface area (Å²) < 4.78 is 11.3. The molecule has 0 radical (unpaired) electrons. The van der Waals surface area contributed by atoms with E-state index < -0.39 is 5.97 Å². The second-order valence-electron chi connectivity index (χ2n) is 7.08. The zero-order valence-corrected chi connectivity index (χ0v) is 16.5. The molecule has 0 bridgehead atoms. The number of ether oxygens (including phenoxy) is 2. The highest BCUT2D eigenvalue weighted by Crippen LogP contribution is 2.21. The lowest BCUT2D eigenvalue weighted by atomic mass is 10.1. The molecule has 148 valence electrons. The molecule has 1 aromatic rings. The van der Waals surface area contributed by atoms with Crippen molar-refractivity contribution in [1.29, 1.82) is 0 Å². The Morgan fingerprint density at radius 2 is 1.81 bits per heavy atom. The van der Waals surface area contributed by atoms with E-state index in [9.17, 15) is 9.90 Å². The summed E-state index contributed by atoms with van der Waals surface area (Å²) in [5.41, 5.74) is 0.948. The van der Waals surface area contributed by atoms with Crippen LogP contribution in [0.25, 0.3) is 0 Å². The summed E-state index contributed by atoms with van der Waals surface area (Å²) >= 11 is 0. The minimum absolute atomic E-state index is 0.218. The van der Waals surface area contributed by atoms with Crippen molar-refractivity contribution in [2.75, 3.05) is 38.2 Å². The summed E-state index contributed by atoms with van der Waals surface area (Å²) in [6.45, 7) is 11.8. The maximum Gasteiger partial charge on any atom is 0.335 e. The van der Waals surface area contributed by atoms with Crippen molar-refractivity contribution in [3.63, 3.8) is 0 Å². The van der Waals surface area contributed by atoms with Crippen molar-refractivity contribution in [1.82, 2.24) is 5.32 Å². The number of aromatic carboxylic acids is 1. The van der Waals surface area contributed by atoms with Gasteiger partial charge in [-0.25, -0.2) is 4.79 Å². The largest absolute Gasteiger partial charge is 0.493 e. The van der Waals surface area contributed by atoms with E-state index >= 15 is 0 Å². The molecule has 0 saturated heterocycles. The van der Waals surface area contributed by atoms with E-state index in [4.69, 9.17) is 9.47 Å². The maximum atomic E-state index is 11.3. The van der Waals surface area contributed by atoms with Crippen LogP contribution in [0.1, 0.15) is 50.9 Å². The van der Waals surface area contributed by atoms with Gasteiger partial charge in [0.05, 0.1) is 25.4 Å². The van der Waals surface area contributed by atoms with Crippen molar-refractivity contribution in [2.45, 2.75) is 46.6 Å². The number of hydrogen-bond acceptors (Lipinski definition) is 5. The minimum Gasteiger partial charge on any atom is -0.493 e. The first kappa shape index (κ1) is 22.3. The fourth-order valence-corrected chi connectivity index (χ4v) is 2.38. The second-order valence-corrected chi connectivity index (χ2v) is 7.08. The van der Waals surface area contributed by atoms with Gasteiger partial charge in [-0.3, -0.25) is 0 Å². The molecule has 0 fully saturated rings. The van der Waals surface area contributed by atoms with Crippen molar-refractivity contribution in [3.05, 3.63) is 23.8 Å². The molecule has 0 aliphatic rings. The molecule has 26 heavy (non-hydrogen) atoms. The molecule has 0 atom stereocenters. The van der Waals surface area contributed by atoms with Gasteiger partial charge in [-0.15, -0.1) is 0 Å². The van der Waals surface area contributed by atoms with Crippen LogP contribution in [0, 0.1) is 5.92 Å². The Balaban J connectivity index is 2.44. The number of rotatable bonds is 14. The van der Waals surface area contributed by atoms with Crippen LogP contribution in [0.5, 0.6) is 5.75 Å². The van der Waals surface area contributed by atoms with Gasteiger partial charge >= 0.3 is 5.97 Å². The summed E-state index contributed by atoms with van der Waals surface area (Å²) in [6, 6.07) is 5.47. The summed E-state index contributed by atoms with van der Waals surface area (Å²) in [4.78, 5) is 11.3. The van der Waals surface area contributed by atoms with Gasteiger partial charge in [0, 0.05) is 30.9 Å². The Bertz CT molecular complexity index is 533. The Labute approximate surface area is 157 Å². The number of carbonyl (C=O) groups is 1. The number of carboxylic acids is 1. The van der Waals surface area contributed by atoms with Gasteiger partial charge in [0.1, 0.15) is 5.75 Å². The highest BCUT2D eigenvalue weighted by Gasteiger charge is 2.08. The average Bonchev–Trinajstić information content (AvgIpc) is 2.57. The lowest BCUT2D eigenvalue weighted by molar-refractivity contribution is 0.0696. The predicted molar refractivity (Wildman–Crippen MR) is 105 cm³/mol. The summed E-state index contributed by atoms with van der Waals surface area (Å²) in [7, 11) is 0. The fraction of sp³-hybridized carbons (Fsp3) is 0.650. The Kier molecular flexibility index (Phi) is 10.7. The smallest absolute Gasteiger partial charge is 0.335 e. The first-order chi connectivity index (χ1) is 12.4. The normalized spacial score (nSPS) is 11.2. The number of hydrogen-bond donors (Lipinski definition) is 3. The highest BCUT2D eigenvalue weighted by atomic mass is 16.5. The van der Waals surface area contributed by atoms with Crippen molar-refractivity contribution < 1.29 is 19.4 Å². The molecule has 1 rings (SSSR count). The monoisotopic (exact) mass is 366 g/mol. The van der Waals surface area contributed by atoms with Gasteiger partial charge < -0.3 is 25.2 Å². The van der Waals surface area contributed by atoms with Crippen LogP contribution in [0.3, 0.4) is 0 Å². The van der Waals surface area contributed by atoms with Crippen LogP contribution < -0.4 is 15.4 Å². The van der Waals surface area contributed by atoms with Gasteiger partial charge in [-0.1, -0.05) is 27.7 Å². The van der Waals surface area contributed by atoms with Gasteiger partial charge in [0.2, 0.25) is 0 Å². The number of benzene rings is 1. The molecule has 1 aromatic carbocycles. The first-order valence-corrected chi connectivity index (χ1v) is 9.44. The van der Waals surface area contributed by atoms with Crippen LogP contribution in [-0.2, 0) is 4.74 Å². The number of anilines is 1. The zero-order valence-electron chi connectivity index (χ0n) is 16.5. The van der Waals surface area contributed by atoms with Crippen molar-refractivity contribution >= 4 is 11.7 Å². The molecule has 0 heterocycles. The van der Waals surface area contributed by atoms with E-state index in [1.54, 1.807) is 12.1 Å². The Morgan fingerprint density at radius 1 is 1.08 bits per heavy atom. The zero-order chi connectivity index (χ0) is 19.4. The van der Waals surface area contributed by atoms with Crippen LogP contribution in [0.2, 0.25) is 0 Å². The standard InChI is InChI=1S/C20H34N2O4/c1-15(2)6-5-9-26-19-13-17(20(23)24)12-18(14-19)22-8-11-25-10-7-21-16(3)4/h12-16,21-22H,5-11H2,1-4H3,(H,23,24). The SMILES string of the molecule is CC(C)CCCOc1cc(NCCOCCNC(C)C)cc(C(=O)O)c1. The van der Waals surface area contributed by atoms with Crippen molar-refractivity contribution in [2.24, 2.45) is 5.92 Å². The van der Waals surface area contributed by atoms with Crippen LogP contribution in [0.15, 0.2) is 18.2 Å². The summed E-state index contributed by atoms with van der Waals surface area (Å²) in [5.74, 6) is 0.256. The van der Waals surface area contributed by atoms with E-state index in [2.05, 4.69) is 38.3 Å². The minimum atomic E-state index is -0.961. The van der Waals surface area contributed by atoms with E-state index in [-0.39, 0.29) is 5.56 Å². The fourth-order valence-electron chi connectivity index (χ4n) is 2.38. The molecule has 6 nitrogen and oxygen atoms in total. The average molecular weight is 367 g/mol. The number of nitrogens with one attached hydrogen (secondary N) is 2. The van der Waals surface area contributed by atoms with E-state index in [1.165, 1.54) is 0 Å². The lowest BCUT2D eigenvalue weighted by Gasteiger charge is -2.13. The molecule has 0 amide bonds. The van der Waals surface area contributed by atoms with Gasteiger partial charge in [0.15, 0.2) is 0 Å². The van der Waals surface area contributed by atoms with Gasteiger partial charge in [-0.2, -0.15) is 0 Å². The van der Waals surface area contributed by atoms with Crippen LogP contribution in [-0.4, -0.2) is 50.0 Å². The predicted octanol–water partition coefficient (Wildman–Crippen LogP) is 3.63. The molecule has 6 heteroatoms. The molecule has 0 aromatic heterocycles. The molecule has 0 unspecified atom stereocenters. The Hall–Kier alpha value is -1.79. The third-order valence-corrected chi connectivity index (χ3v) is 3.72. The molecular weight excluding hydrogens is 332 g/mol. The molecule has 0 spiro atoms. The lowest BCUT2D eigenvalue weighted by Crippen LogP contribution is -2.27. The topological polar surface area (TPSA) is 79.8 Å². The highest BCUT2D eigenvalue weighted by molar-refractivity contribution is 5.89. The van der Waals surface area contributed by atoms with Crippen LogP contribution >= 0.6 is 0 Å². The summed E-state index contributed by atoms with van der Waals surface area (Å²) in [6.07, 6.45) is 2.04.